The van der Waals surface area contributed by atoms with Crippen LogP contribution in [0.2, 0.25) is 0 Å². The summed E-state index contributed by atoms with van der Waals surface area (Å²) in [6.45, 7) is 1.95. The molecule has 0 aliphatic rings. The highest BCUT2D eigenvalue weighted by molar-refractivity contribution is 7.15. The number of aryl methyl sites for hydroxylation is 1. The van der Waals surface area contributed by atoms with Gasteiger partial charge in [0.25, 0.3) is 0 Å². The minimum Gasteiger partial charge on any atom is -0.291 e. The monoisotopic (exact) mass is 252 g/mol. The topological polar surface area (TPSA) is 35.1 Å². The summed E-state index contributed by atoms with van der Waals surface area (Å²) in [7, 11) is 0. The number of imidazole rings is 1. The van der Waals surface area contributed by atoms with Gasteiger partial charge in [0.1, 0.15) is 0 Å². The molecule has 0 N–H and O–H groups in total. The van der Waals surface area contributed by atoms with Crippen LogP contribution in [0.4, 0.5) is 0 Å². The van der Waals surface area contributed by atoms with Crippen LogP contribution in [0.1, 0.15) is 11.4 Å². The van der Waals surface area contributed by atoms with E-state index in [0.717, 1.165) is 22.2 Å². The standard InChI is InChI=1S/C10H9ClN4S/c1-7-2-3-15(13-7)9-8(6-11)14-4-5-16-10(14)12-9/h2-5H,6H2,1H3. The first kappa shape index (κ1) is 9.86. The Balaban J connectivity index is 2.26. The first-order valence-electron chi connectivity index (χ1n) is 4.82. The molecule has 0 unspecified atom stereocenters. The SMILES string of the molecule is Cc1ccn(-c2nc3sccn3c2CCl)n1. The van der Waals surface area contributed by atoms with E-state index in [1.54, 1.807) is 16.0 Å². The Morgan fingerprint density at radius 2 is 2.31 bits per heavy atom. The molecular weight excluding hydrogens is 244 g/mol. The third kappa shape index (κ3) is 1.36. The summed E-state index contributed by atoms with van der Waals surface area (Å²) in [5, 5.41) is 6.35. The van der Waals surface area contributed by atoms with E-state index in [-0.39, 0.29) is 0 Å². The van der Waals surface area contributed by atoms with Crippen LogP contribution in [0.25, 0.3) is 10.8 Å². The first-order valence-corrected chi connectivity index (χ1v) is 6.24. The molecule has 0 spiro atoms. The highest BCUT2D eigenvalue weighted by atomic mass is 35.5. The molecule has 0 saturated heterocycles. The molecule has 0 aliphatic carbocycles. The van der Waals surface area contributed by atoms with Crippen molar-refractivity contribution in [2.24, 2.45) is 0 Å². The smallest absolute Gasteiger partial charge is 0.195 e. The van der Waals surface area contributed by atoms with Gasteiger partial charge in [0, 0.05) is 17.8 Å². The van der Waals surface area contributed by atoms with Crippen molar-refractivity contribution in [1.82, 2.24) is 19.2 Å². The summed E-state index contributed by atoms with van der Waals surface area (Å²) in [6.07, 6.45) is 3.88. The number of hydrogen-bond donors (Lipinski definition) is 0. The molecule has 4 nitrogen and oxygen atoms in total. The van der Waals surface area contributed by atoms with E-state index in [0.29, 0.717) is 5.88 Å². The Hall–Kier alpha value is -1.33. The number of fused-ring (bicyclic) bond motifs is 1. The minimum absolute atomic E-state index is 0.423. The fourth-order valence-corrected chi connectivity index (χ4v) is 2.64. The zero-order valence-electron chi connectivity index (χ0n) is 8.59. The van der Waals surface area contributed by atoms with Gasteiger partial charge in [-0.25, -0.2) is 4.68 Å². The summed E-state index contributed by atoms with van der Waals surface area (Å²) in [5.41, 5.74) is 1.94. The van der Waals surface area contributed by atoms with Crippen molar-refractivity contribution < 1.29 is 0 Å². The van der Waals surface area contributed by atoms with Gasteiger partial charge in [0.15, 0.2) is 10.8 Å². The normalized spacial score (nSPS) is 11.4. The van der Waals surface area contributed by atoms with E-state index in [4.69, 9.17) is 11.6 Å². The fraction of sp³-hybridized carbons (Fsp3) is 0.200. The molecule has 0 fully saturated rings. The number of thiazole rings is 1. The van der Waals surface area contributed by atoms with Gasteiger partial charge in [-0.2, -0.15) is 10.1 Å². The molecular formula is C10H9ClN4S. The van der Waals surface area contributed by atoms with E-state index in [2.05, 4.69) is 10.1 Å². The molecule has 3 heterocycles. The molecule has 3 aromatic heterocycles. The Morgan fingerprint density at radius 1 is 1.44 bits per heavy atom. The van der Waals surface area contributed by atoms with Crippen molar-refractivity contribution in [3.8, 4) is 5.82 Å². The van der Waals surface area contributed by atoms with Gasteiger partial charge in [-0.05, 0) is 13.0 Å². The van der Waals surface area contributed by atoms with E-state index in [1.165, 1.54) is 0 Å². The van der Waals surface area contributed by atoms with Gasteiger partial charge in [0.05, 0.1) is 17.3 Å². The molecule has 0 radical (unpaired) electrons. The van der Waals surface area contributed by atoms with Crippen LogP contribution >= 0.6 is 22.9 Å². The Kier molecular flexibility index (Phi) is 2.22. The number of nitrogens with zero attached hydrogens (tertiary/aromatic N) is 4. The Labute approximate surface area is 101 Å². The second-order valence-corrected chi connectivity index (χ2v) is 4.61. The zero-order valence-corrected chi connectivity index (χ0v) is 10.2. The second-order valence-electron chi connectivity index (χ2n) is 3.47. The van der Waals surface area contributed by atoms with Gasteiger partial charge in [-0.3, -0.25) is 4.40 Å². The van der Waals surface area contributed by atoms with Crippen molar-refractivity contribution in [3.05, 3.63) is 35.2 Å². The van der Waals surface area contributed by atoms with Crippen molar-refractivity contribution in [3.63, 3.8) is 0 Å². The maximum absolute atomic E-state index is 5.97. The first-order chi connectivity index (χ1) is 7.79. The predicted octanol–water partition coefficient (Wildman–Crippen LogP) is 2.63. The molecule has 0 atom stereocenters. The lowest BCUT2D eigenvalue weighted by atomic mass is 10.5. The summed E-state index contributed by atoms with van der Waals surface area (Å²) in [6, 6.07) is 1.95. The van der Waals surface area contributed by atoms with Crippen LogP contribution in [0.15, 0.2) is 23.8 Å². The lowest BCUT2D eigenvalue weighted by Crippen LogP contribution is -2.00. The van der Waals surface area contributed by atoms with Crippen molar-refractivity contribution in [1.29, 1.82) is 0 Å². The van der Waals surface area contributed by atoms with Crippen molar-refractivity contribution >= 4 is 27.9 Å². The Bertz CT molecular complexity index is 636. The van der Waals surface area contributed by atoms with E-state index < -0.39 is 0 Å². The van der Waals surface area contributed by atoms with E-state index in [1.807, 2.05) is 35.2 Å². The molecule has 0 bridgehead atoms. The third-order valence-electron chi connectivity index (χ3n) is 2.41. The highest BCUT2D eigenvalue weighted by Crippen LogP contribution is 2.21. The zero-order chi connectivity index (χ0) is 11.1. The summed E-state index contributed by atoms with van der Waals surface area (Å²) in [5.74, 6) is 1.24. The van der Waals surface area contributed by atoms with Gasteiger partial charge in [-0.1, -0.05) is 0 Å². The summed E-state index contributed by atoms with van der Waals surface area (Å²) >= 11 is 7.56. The lowest BCUT2D eigenvalue weighted by molar-refractivity contribution is 0.829. The maximum atomic E-state index is 5.97. The molecule has 0 saturated carbocycles. The molecule has 6 heteroatoms. The van der Waals surface area contributed by atoms with Crippen LogP contribution in [0.5, 0.6) is 0 Å². The number of halogens is 1. The van der Waals surface area contributed by atoms with E-state index >= 15 is 0 Å². The summed E-state index contributed by atoms with van der Waals surface area (Å²) < 4.78 is 3.77. The van der Waals surface area contributed by atoms with Gasteiger partial charge >= 0.3 is 0 Å². The number of hydrogen-bond acceptors (Lipinski definition) is 3. The van der Waals surface area contributed by atoms with Gasteiger partial charge in [-0.15, -0.1) is 22.9 Å². The molecule has 0 aromatic carbocycles. The minimum atomic E-state index is 0.423. The second kappa shape index (κ2) is 3.61. The van der Waals surface area contributed by atoms with Gasteiger partial charge < -0.3 is 0 Å². The van der Waals surface area contributed by atoms with Crippen LogP contribution in [-0.4, -0.2) is 19.2 Å². The molecule has 0 aliphatic heterocycles. The Morgan fingerprint density at radius 3 is 3.00 bits per heavy atom. The average molecular weight is 253 g/mol. The van der Waals surface area contributed by atoms with E-state index in [9.17, 15) is 0 Å². The van der Waals surface area contributed by atoms with Crippen LogP contribution < -0.4 is 0 Å². The summed E-state index contributed by atoms with van der Waals surface area (Å²) in [4.78, 5) is 5.47. The third-order valence-corrected chi connectivity index (χ3v) is 3.42. The number of alkyl halides is 1. The molecule has 0 amide bonds. The van der Waals surface area contributed by atoms with Gasteiger partial charge in [0.2, 0.25) is 0 Å². The van der Waals surface area contributed by atoms with Crippen LogP contribution in [0, 0.1) is 6.92 Å². The van der Waals surface area contributed by atoms with Crippen molar-refractivity contribution in [2.75, 3.05) is 0 Å². The highest BCUT2D eigenvalue weighted by Gasteiger charge is 2.14. The molecule has 82 valence electrons. The molecule has 16 heavy (non-hydrogen) atoms. The van der Waals surface area contributed by atoms with Crippen molar-refractivity contribution in [2.45, 2.75) is 12.8 Å². The van der Waals surface area contributed by atoms with Crippen LogP contribution in [0.3, 0.4) is 0 Å². The largest absolute Gasteiger partial charge is 0.291 e. The molecule has 3 aromatic rings. The molecule has 3 rings (SSSR count). The average Bonchev–Trinajstić information content (AvgIpc) is 2.90. The quantitative estimate of drug-likeness (QED) is 0.658. The van der Waals surface area contributed by atoms with Crippen LogP contribution in [-0.2, 0) is 5.88 Å². The fourth-order valence-electron chi connectivity index (χ4n) is 1.66. The number of rotatable bonds is 2. The predicted molar refractivity (Wildman–Crippen MR) is 64.5 cm³/mol. The maximum Gasteiger partial charge on any atom is 0.195 e. The number of aromatic nitrogens is 4. The lowest BCUT2D eigenvalue weighted by Gasteiger charge is -1.99.